The van der Waals surface area contributed by atoms with Crippen LogP contribution in [-0.4, -0.2) is 54.6 Å². The molecular formula is C10H14N6O3S. The zero-order valence-corrected chi connectivity index (χ0v) is 11.1. The Bertz CT molecular complexity index is 700. The van der Waals surface area contributed by atoms with Crippen molar-refractivity contribution in [2.24, 2.45) is 5.73 Å². The maximum atomic E-state index is 10.1. The van der Waals surface area contributed by atoms with Crippen LogP contribution in [0.2, 0.25) is 0 Å². The fourth-order valence-corrected chi connectivity index (χ4v) is 2.55. The van der Waals surface area contributed by atoms with Crippen molar-refractivity contribution in [2.75, 3.05) is 12.3 Å². The predicted molar refractivity (Wildman–Crippen MR) is 72.1 cm³/mol. The van der Waals surface area contributed by atoms with E-state index < -0.39 is 24.5 Å². The van der Waals surface area contributed by atoms with Crippen molar-refractivity contribution in [1.29, 1.82) is 0 Å². The summed E-state index contributed by atoms with van der Waals surface area (Å²) in [5.74, 6) is 0.132. The lowest BCUT2D eigenvalue weighted by atomic mass is 10.1. The number of H-pyrrole nitrogens is 1. The monoisotopic (exact) mass is 298 g/mol. The van der Waals surface area contributed by atoms with Gasteiger partial charge in [0.05, 0.1) is 6.33 Å². The lowest BCUT2D eigenvalue weighted by Crippen LogP contribution is -2.35. The summed E-state index contributed by atoms with van der Waals surface area (Å²) in [6, 6.07) is 0. The van der Waals surface area contributed by atoms with Crippen LogP contribution in [-0.2, 0) is 4.74 Å². The Hall–Kier alpha value is -1.59. The maximum absolute atomic E-state index is 10.1. The van der Waals surface area contributed by atoms with Crippen molar-refractivity contribution in [3.05, 3.63) is 11.0 Å². The van der Waals surface area contributed by atoms with E-state index in [2.05, 4.69) is 15.0 Å². The van der Waals surface area contributed by atoms with Gasteiger partial charge in [-0.15, -0.1) is 0 Å². The predicted octanol–water partition coefficient (Wildman–Crippen LogP) is -1.35. The number of aromatic amines is 1. The number of imidazole rings is 1. The molecule has 0 aliphatic carbocycles. The largest absolute Gasteiger partial charge is 0.387 e. The second-order valence-electron chi connectivity index (χ2n) is 4.56. The van der Waals surface area contributed by atoms with Crippen LogP contribution in [0.4, 0.5) is 5.95 Å². The Morgan fingerprint density at radius 3 is 2.85 bits per heavy atom. The number of rotatable bonds is 2. The number of hydrogen-bond acceptors (Lipinski definition) is 8. The third kappa shape index (κ3) is 1.89. The van der Waals surface area contributed by atoms with Gasteiger partial charge in [0.25, 0.3) is 0 Å². The van der Waals surface area contributed by atoms with Gasteiger partial charge in [0, 0.05) is 6.54 Å². The number of hydrogen-bond donors (Lipinski definition) is 5. The molecule has 0 unspecified atom stereocenters. The number of ether oxygens (including phenoxy) is 1. The van der Waals surface area contributed by atoms with Gasteiger partial charge in [0.15, 0.2) is 16.8 Å². The lowest BCUT2D eigenvalue weighted by molar-refractivity contribution is -0.0321. The van der Waals surface area contributed by atoms with Crippen molar-refractivity contribution < 1.29 is 14.9 Å². The summed E-state index contributed by atoms with van der Waals surface area (Å²) in [4.78, 5) is 10.8. The molecule has 3 rings (SSSR count). The van der Waals surface area contributed by atoms with Crippen molar-refractivity contribution in [1.82, 2.24) is 19.5 Å². The molecule has 0 amide bonds. The number of aliphatic hydroxyl groups excluding tert-OH is 2. The molecule has 10 heteroatoms. The summed E-state index contributed by atoms with van der Waals surface area (Å²) in [6.45, 7) is 0.0983. The van der Waals surface area contributed by atoms with Crippen molar-refractivity contribution in [3.8, 4) is 0 Å². The van der Waals surface area contributed by atoms with Gasteiger partial charge < -0.3 is 31.4 Å². The van der Waals surface area contributed by atoms with Gasteiger partial charge in [-0.25, -0.2) is 9.97 Å². The molecule has 1 saturated heterocycles. The standard InChI is InChI=1S/C10H14N6O3S/c11-1-3-5(17)6(18)9(19-3)16-2-13-4-7(16)14-10(12)15-8(4)20/h2-3,5-6,9,17-18H,1,11H2,(H3,12,14,15,20)/t3-,5-,6-,9-/m1/s1. The Morgan fingerprint density at radius 2 is 2.20 bits per heavy atom. The van der Waals surface area contributed by atoms with Gasteiger partial charge in [-0.1, -0.05) is 12.2 Å². The molecular weight excluding hydrogens is 284 g/mol. The summed E-state index contributed by atoms with van der Waals surface area (Å²) in [5, 5.41) is 19.9. The molecule has 1 fully saturated rings. The molecule has 1 aliphatic rings. The number of aliphatic hydroxyl groups is 2. The van der Waals surface area contributed by atoms with Crippen LogP contribution in [0, 0.1) is 4.64 Å². The van der Waals surface area contributed by atoms with Crippen molar-refractivity contribution in [2.45, 2.75) is 24.5 Å². The summed E-state index contributed by atoms with van der Waals surface area (Å²) < 4.78 is 7.32. The van der Waals surface area contributed by atoms with Gasteiger partial charge >= 0.3 is 0 Å². The van der Waals surface area contributed by atoms with Crippen LogP contribution in [0.15, 0.2) is 6.33 Å². The smallest absolute Gasteiger partial charge is 0.200 e. The lowest BCUT2D eigenvalue weighted by Gasteiger charge is -2.16. The van der Waals surface area contributed by atoms with E-state index >= 15 is 0 Å². The summed E-state index contributed by atoms with van der Waals surface area (Å²) >= 11 is 5.07. The molecule has 7 N–H and O–H groups in total. The van der Waals surface area contributed by atoms with Crippen LogP contribution < -0.4 is 11.5 Å². The third-order valence-electron chi connectivity index (χ3n) is 3.31. The molecule has 2 aromatic rings. The minimum absolute atomic E-state index is 0.0983. The molecule has 2 aromatic heterocycles. The van der Waals surface area contributed by atoms with E-state index in [1.807, 2.05) is 0 Å². The molecule has 0 saturated carbocycles. The van der Waals surface area contributed by atoms with Crippen molar-refractivity contribution in [3.63, 3.8) is 0 Å². The van der Waals surface area contributed by atoms with E-state index in [-0.39, 0.29) is 17.1 Å². The summed E-state index contributed by atoms with van der Waals surface area (Å²) in [6.07, 6.45) is -2.22. The quantitative estimate of drug-likeness (QED) is 0.427. The van der Waals surface area contributed by atoms with Crippen LogP contribution in [0.5, 0.6) is 0 Å². The summed E-state index contributed by atoms with van der Waals surface area (Å²) in [5.41, 5.74) is 12.0. The van der Waals surface area contributed by atoms with Gasteiger partial charge in [0.2, 0.25) is 0 Å². The Morgan fingerprint density at radius 1 is 1.45 bits per heavy atom. The van der Waals surface area contributed by atoms with Gasteiger partial charge in [0.1, 0.15) is 29.5 Å². The molecule has 0 bridgehead atoms. The Balaban J connectivity index is 2.09. The Labute approximate surface area is 118 Å². The number of anilines is 1. The van der Waals surface area contributed by atoms with E-state index in [1.54, 1.807) is 0 Å². The first-order valence-electron chi connectivity index (χ1n) is 5.97. The first-order chi connectivity index (χ1) is 9.52. The van der Waals surface area contributed by atoms with Gasteiger partial charge in [-0.3, -0.25) is 4.57 Å². The van der Waals surface area contributed by atoms with Gasteiger partial charge in [-0.05, 0) is 0 Å². The number of nitrogens with zero attached hydrogens (tertiary/aromatic N) is 3. The normalized spacial score (nSPS) is 30.1. The molecule has 4 atom stereocenters. The number of nitrogens with two attached hydrogens (primary N) is 2. The van der Waals surface area contributed by atoms with Crippen LogP contribution >= 0.6 is 12.2 Å². The van der Waals surface area contributed by atoms with E-state index in [0.717, 1.165) is 0 Å². The Kier molecular flexibility index (Phi) is 3.18. The molecule has 108 valence electrons. The number of fused-ring (bicyclic) bond motifs is 1. The average Bonchev–Trinajstić information content (AvgIpc) is 2.93. The van der Waals surface area contributed by atoms with E-state index in [4.69, 9.17) is 28.4 Å². The first kappa shape index (κ1) is 13.4. The first-order valence-corrected chi connectivity index (χ1v) is 6.37. The highest BCUT2D eigenvalue weighted by molar-refractivity contribution is 7.71. The SMILES string of the molecule is NC[C@H]1O[C@@H](n2cnc3c(=S)nc(N)[nH]c32)[C@H](O)[C@@H]1O. The second kappa shape index (κ2) is 4.75. The maximum Gasteiger partial charge on any atom is 0.200 e. The topological polar surface area (TPSA) is 148 Å². The number of nitrogen functional groups attached to an aromatic ring is 1. The third-order valence-corrected chi connectivity index (χ3v) is 3.59. The second-order valence-corrected chi connectivity index (χ2v) is 4.94. The minimum Gasteiger partial charge on any atom is -0.387 e. The van der Waals surface area contributed by atoms with E-state index in [1.165, 1.54) is 10.9 Å². The zero-order valence-electron chi connectivity index (χ0n) is 10.3. The molecule has 0 spiro atoms. The average molecular weight is 298 g/mol. The molecule has 20 heavy (non-hydrogen) atoms. The number of nitrogens with one attached hydrogen (secondary N) is 1. The van der Waals surface area contributed by atoms with Crippen molar-refractivity contribution >= 4 is 29.3 Å². The molecule has 0 aromatic carbocycles. The highest BCUT2D eigenvalue weighted by atomic mass is 32.1. The van der Waals surface area contributed by atoms with Crippen LogP contribution in [0.1, 0.15) is 6.23 Å². The fourth-order valence-electron chi connectivity index (χ4n) is 2.30. The van der Waals surface area contributed by atoms with Gasteiger partial charge in [-0.2, -0.15) is 0 Å². The summed E-state index contributed by atoms with van der Waals surface area (Å²) in [7, 11) is 0. The van der Waals surface area contributed by atoms with Crippen LogP contribution in [0.25, 0.3) is 11.2 Å². The fraction of sp³-hybridized carbons (Fsp3) is 0.500. The highest BCUT2D eigenvalue weighted by Crippen LogP contribution is 2.31. The minimum atomic E-state index is -1.13. The molecule has 9 nitrogen and oxygen atoms in total. The zero-order chi connectivity index (χ0) is 14.4. The molecule has 1 aliphatic heterocycles. The van der Waals surface area contributed by atoms with Crippen LogP contribution in [0.3, 0.4) is 0 Å². The molecule has 0 radical (unpaired) electrons. The molecule has 3 heterocycles. The van der Waals surface area contributed by atoms with E-state index in [9.17, 15) is 10.2 Å². The highest BCUT2D eigenvalue weighted by Gasteiger charge is 2.43. The van der Waals surface area contributed by atoms with E-state index in [0.29, 0.717) is 11.2 Å². The number of aromatic nitrogens is 4.